The van der Waals surface area contributed by atoms with Crippen LogP contribution in [0.3, 0.4) is 0 Å². The Labute approximate surface area is 113 Å². The van der Waals surface area contributed by atoms with Crippen LogP contribution in [0.5, 0.6) is 0 Å². The number of hydrogen-bond donors (Lipinski definition) is 2. The first kappa shape index (κ1) is 15.4. The van der Waals surface area contributed by atoms with Gasteiger partial charge in [0.05, 0.1) is 18.4 Å². The lowest BCUT2D eigenvalue weighted by molar-refractivity contribution is -0.753. The molecule has 1 heterocycles. The number of aryl methyl sites for hydroxylation is 1. The van der Waals surface area contributed by atoms with Gasteiger partial charge < -0.3 is 15.0 Å². The maximum atomic E-state index is 11.7. The Morgan fingerprint density at radius 2 is 2.32 bits per heavy atom. The second-order valence-corrected chi connectivity index (χ2v) is 5.41. The van der Waals surface area contributed by atoms with Gasteiger partial charge in [-0.1, -0.05) is 15.9 Å². The summed E-state index contributed by atoms with van der Waals surface area (Å²) in [5.41, 5.74) is 0.383. The molecule has 1 unspecified atom stereocenters. The summed E-state index contributed by atoms with van der Waals surface area (Å²) in [6.45, 7) is 0.599. The predicted molar refractivity (Wildman–Crippen MR) is 68.0 cm³/mol. The van der Waals surface area contributed by atoms with E-state index >= 15 is 0 Å². The normalized spacial score (nSPS) is 11.9. The van der Waals surface area contributed by atoms with Crippen LogP contribution in [-0.4, -0.2) is 45.2 Å². The Kier molecular flexibility index (Phi) is 6.23. The molecule has 7 nitrogen and oxygen atoms in total. The molecule has 0 spiro atoms. The minimum Gasteiger partial charge on any atom is -0.617 e. The van der Waals surface area contributed by atoms with Crippen LogP contribution in [0.25, 0.3) is 0 Å². The van der Waals surface area contributed by atoms with Crippen molar-refractivity contribution in [2.75, 3.05) is 18.6 Å². The standard InChI is InChI=1S/C11H15N3O4S/c1-19(18)7-4-12-11(17)9-2-5-14(13-8-9)6-3-10(15)16/h2,5,8H,3-4,6-7H2,1H3,(H-,12,15,16,17)/p+1. The molecular weight excluding hydrogens is 270 g/mol. The number of amides is 1. The van der Waals surface area contributed by atoms with Gasteiger partial charge in [-0.15, -0.1) is 0 Å². The number of rotatable bonds is 7. The fourth-order valence-electron chi connectivity index (χ4n) is 1.27. The molecule has 0 aliphatic heterocycles. The van der Waals surface area contributed by atoms with E-state index in [9.17, 15) is 14.1 Å². The molecule has 1 aromatic heterocycles. The summed E-state index contributed by atoms with van der Waals surface area (Å²) in [7, 11) is 0. The van der Waals surface area contributed by atoms with Gasteiger partial charge in [0.1, 0.15) is 18.4 Å². The molecule has 19 heavy (non-hydrogen) atoms. The molecule has 0 saturated heterocycles. The summed E-state index contributed by atoms with van der Waals surface area (Å²) >= 11 is -0.939. The number of nitrogens with zero attached hydrogens (tertiary/aromatic N) is 2. The van der Waals surface area contributed by atoms with Crippen LogP contribution in [0.2, 0.25) is 0 Å². The van der Waals surface area contributed by atoms with E-state index in [1.54, 1.807) is 18.5 Å². The summed E-state index contributed by atoms with van der Waals surface area (Å²) in [6, 6.07) is 1.56. The van der Waals surface area contributed by atoms with E-state index in [-0.39, 0.29) is 18.9 Å². The van der Waals surface area contributed by atoms with Crippen molar-refractivity contribution in [3.8, 4) is 0 Å². The van der Waals surface area contributed by atoms with E-state index in [0.29, 0.717) is 17.9 Å². The molecule has 0 aliphatic carbocycles. The zero-order valence-corrected chi connectivity index (χ0v) is 11.4. The number of carboxylic acid groups (broad SMARTS) is 1. The van der Waals surface area contributed by atoms with Crippen molar-refractivity contribution in [1.82, 2.24) is 10.4 Å². The lowest BCUT2D eigenvalue weighted by Gasteiger charge is -2.06. The molecule has 1 atom stereocenters. The van der Waals surface area contributed by atoms with Gasteiger partial charge in [-0.3, -0.25) is 9.59 Å². The van der Waals surface area contributed by atoms with Crippen LogP contribution in [0.15, 0.2) is 18.5 Å². The summed E-state index contributed by atoms with van der Waals surface area (Å²) in [5, 5.41) is 15.1. The molecule has 0 aromatic carbocycles. The largest absolute Gasteiger partial charge is 0.617 e. The van der Waals surface area contributed by atoms with Crippen molar-refractivity contribution < 1.29 is 23.9 Å². The van der Waals surface area contributed by atoms with Gasteiger partial charge in [0, 0.05) is 6.07 Å². The van der Waals surface area contributed by atoms with Gasteiger partial charge in [-0.2, -0.15) is 0 Å². The molecule has 0 radical (unpaired) electrons. The first-order valence-electron chi connectivity index (χ1n) is 5.65. The predicted octanol–water partition coefficient (Wildman–Crippen LogP) is -1.05. The topological polar surface area (TPSA) is 106 Å². The Balaban J connectivity index is 2.46. The maximum absolute atomic E-state index is 11.7. The highest BCUT2D eigenvalue weighted by Gasteiger charge is 2.11. The Morgan fingerprint density at radius 3 is 2.84 bits per heavy atom. The molecule has 0 fully saturated rings. The van der Waals surface area contributed by atoms with Crippen molar-refractivity contribution in [2.24, 2.45) is 0 Å². The van der Waals surface area contributed by atoms with Gasteiger partial charge in [-0.25, -0.2) is 0 Å². The second-order valence-electron chi connectivity index (χ2n) is 3.86. The second kappa shape index (κ2) is 7.70. The summed E-state index contributed by atoms with van der Waals surface area (Å²) in [6.07, 6.45) is 4.48. The summed E-state index contributed by atoms with van der Waals surface area (Å²) in [4.78, 5) is 22.0. The van der Waals surface area contributed by atoms with E-state index in [4.69, 9.17) is 5.11 Å². The third-order valence-electron chi connectivity index (χ3n) is 2.26. The monoisotopic (exact) mass is 286 g/mol. The minimum absolute atomic E-state index is 0.0223. The number of hydrogen-bond acceptors (Lipinski definition) is 4. The third kappa shape index (κ3) is 6.16. The third-order valence-corrected chi connectivity index (χ3v) is 3.04. The lowest BCUT2D eigenvalue weighted by atomic mass is 10.3. The smallest absolute Gasteiger partial charge is 0.309 e. The Bertz CT molecular complexity index is 436. The van der Waals surface area contributed by atoms with Crippen molar-refractivity contribution in [2.45, 2.75) is 13.0 Å². The quantitative estimate of drug-likeness (QED) is 0.491. The SMILES string of the molecule is C[S+]([O-])CCNC(=O)c1cc[n+](CCC(=O)O)nc1. The number of aliphatic carboxylic acids is 1. The Hall–Kier alpha value is -1.67. The van der Waals surface area contributed by atoms with Gasteiger partial charge in [0.2, 0.25) is 0 Å². The average Bonchev–Trinajstić information content (AvgIpc) is 2.36. The number of carboxylic acids is 1. The van der Waals surface area contributed by atoms with E-state index < -0.39 is 17.1 Å². The van der Waals surface area contributed by atoms with Crippen molar-refractivity contribution >= 4 is 23.1 Å². The first-order chi connectivity index (χ1) is 8.99. The summed E-state index contributed by atoms with van der Waals surface area (Å²) in [5.74, 6) is -0.781. The Morgan fingerprint density at radius 1 is 1.58 bits per heavy atom. The molecule has 0 saturated carbocycles. The highest BCUT2D eigenvalue weighted by Crippen LogP contribution is 1.93. The average molecular weight is 286 g/mol. The molecule has 0 aliphatic rings. The van der Waals surface area contributed by atoms with Crippen LogP contribution in [0.4, 0.5) is 0 Å². The first-order valence-corrected chi connectivity index (χ1v) is 7.37. The van der Waals surface area contributed by atoms with Crippen molar-refractivity contribution in [1.29, 1.82) is 0 Å². The zero-order chi connectivity index (χ0) is 14.3. The molecule has 1 aromatic rings. The highest BCUT2D eigenvalue weighted by atomic mass is 32.2. The van der Waals surface area contributed by atoms with Gasteiger partial charge >= 0.3 is 5.97 Å². The molecule has 104 valence electrons. The molecule has 1 rings (SSSR count). The number of carbonyl (C=O) groups excluding carboxylic acids is 1. The van der Waals surface area contributed by atoms with E-state index in [1.807, 2.05) is 0 Å². The van der Waals surface area contributed by atoms with Gasteiger partial charge in [-0.05, 0) is 5.10 Å². The fourth-order valence-corrected chi connectivity index (χ4v) is 1.66. The molecular formula is C11H16N3O4S+. The molecule has 1 amide bonds. The number of aromatic nitrogens is 2. The minimum atomic E-state index is -0.939. The van der Waals surface area contributed by atoms with E-state index in [1.165, 1.54) is 10.9 Å². The number of carbonyl (C=O) groups is 2. The van der Waals surface area contributed by atoms with Crippen LogP contribution >= 0.6 is 0 Å². The number of nitrogens with one attached hydrogen (secondary N) is 1. The van der Waals surface area contributed by atoms with Crippen LogP contribution in [0.1, 0.15) is 16.8 Å². The zero-order valence-electron chi connectivity index (χ0n) is 10.5. The molecule has 0 bridgehead atoms. The van der Waals surface area contributed by atoms with Crippen molar-refractivity contribution in [3.63, 3.8) is 0 Å². The van der Waals surface area contributed by atoms with Gasteiger partial charge in [0.25, 0.3) is 5.91 Å². The van der Waals surface area contributed by atoms with E-state index in [2.05, 4.69) is 10.4 Å². The highest BCUT2D eigenvalue weighted by molar-refractivity contribution is 7.90. The summed E-state index contributed by atoms with van der Waals surface area (Å²) < 4.78 is 12.3. The lowest BCUT2D eigenvalue weighted by Crippen LogP contribution is -2.39. The maximum Gasteiger partial charge on any atom is 0.309 e. The molecule has 8 heteroatoms. The van der Waals surface area contributed by atoms with Crippen LogP contribution in [0, 0.1) is 0 Å². The van der Waals surface area contributed by atoms with Crippen LogP contribution < -0.4 is 10.00 Å². The van der Waals surface area contributed by atoms with E-state index in [0.717, 1.165) is 0 Å². The van der Waals surface area contributed by atoms with Crippen molar-refractivity contribution in [3.05, 3.63) is 24.0 Å². The molecule has 2 N–H and O–H groups in total. The van der Waals surface area contributed by atoms with Crippen LogP contribution in [-0.2, 0) is 22.5 Å². The van der Waals surface area contributed by atoms with Gasteiger partial charge in [0.15, 0.2) is 12.7 Å². The fraction of sp³-hybridized carbons (Fsp3) is 0.455.